The van der Waals surface area contributed by atoms with Crippen molar-refractivity contribution >= 4 is 13.7 Å². The fourth-order valence-electron chi connectivity index (χ4n) is 9.80. The number of allylic oxidation sites excluding steroid dienone is 2. The number of carbonyl (C=O) groups is 1. The van der Waals surface area contributed by atoms with Crippen LogP contribution in [0.15, 0.2) is 12.2 Å². The van der Waals surface area contributed by atoms with Crippen molar-refractivity contribution in [3.05, 3.63) is 12.2 Å². The second-order valence-electron chi connectivity index (χ2n) is 23.1. The van der Waals surface area contributed by atoms with Gasteiger partial charge in [-0.1, -0.05) is 296 Å². The molecule has 71 heavy (non-hydrogen) atoms. The summed E-state index contributed by atoms with van der Waals surface area (Å²) in [4.78, 5) is 25.6. The summed E-state index contributed by atoms with van der Waals surface area (Å²) in [6.45, 7) is 4.78. The van der Waals surface area contributed by atoms with Crippen molar-refractivity contribution in [2.24, 2.45) is 0 Å². The molecule has 0 saturated heterocycles. The number of aliphatic hydroxyl groups is 1. The monoisotopic (exact) mass is 1020 g/mol. The largest absolute Gasteiger partial charge is 0.756 e. The van der Waals surface area contributed by atoms with E-state index in [1.54, 1.807) is 0 Å². The number of phosphoric ester groups is 1. The number of carbonyl (C=O) groups excluding carboxylic acids is 1. The molecule has 0 aliphatic carbocycles. The zero-order chi connectivity index (χ0) is 52.0. The average Bonchev–Trinajstić information content (AvgIpc) is 3.33. The van der Waals surface area contributed by atoms with Gasteiger partial charge in [0.2, 0.25) is 5.91 Å². The number of amides is 1. The van der Waals surface area contributed by atoms with Gasteiger partial charge in [0.05, 0.1) is 39.9 Å². The fourth-order valence-corrected chi connectivity index (χ4v) is 10.5. The highest BCUT2D eigenvalue weighted by Gasteiger charge is 2.24. The molecular formula is C62H125N2O6P. The Bertz CT molecular complexity index is 1160. The predicted octanol–water partition coefficient (Wildman–Crippen LogP) is 18.8. The van der Waals surface area contributed by atoms with Crippen molar-refractivity contribution in [1.82, 2.24) is 5.32 Å². The summed E-state index contributed by atoms with van der Waals surface area (Å²) in [5.74, 6) is -0.161. The molecule has 1 amide bonds. The number of nitrogens with zero attached hydrogens (tertiary/aromatic N) is 1. The van der Waals surface area contributed by atoms with Crippen molar-refractivity contribution in [1.29, 1.82) is 0 Å². The van der Waals surface area contributed by atoms with Crippen LogP contribution in [-0.4, -0.2) is 68.5 Å². The second kappa shape index (κ2) is 54.0. The van der Waals surface area contributed by atoms with Gasteiger partial charge in [-0.3, -0.25) is 9.36 Å². The van der Waals surface area contributed by atoms with Gasteiger partial charge in [-0.05, 0) is 38.5 Å². The van der Waals surface area contributed by atoms with Gasteiger partial charge in [-0.15, -0.1) is 0 Å². The first-order valence-corrected chi connectivity index (χ1v) is 33.0. The Balaban J connectivity index is 4.09. The van der Waals surface area contributed by atoms with Gasteiger partial charge >= 0.3 is 0 Å². The first kappa shape index (κ1) is 70.2. The Morgan fingerprint density at radius 3 is 1.10 bits per heavy atom. The number of unbranched alkanes of at least 4 members (excludes halogenated alkanes) is 44. The van der Waals surface area contributed by atoms with Crippen LogP contribution >= 0.6 is 7.82 Å². The van der Waals surface area contributed by atoms with Crippen LogP contribution in [0.25, 0.3) is 0 Å². The molecule has 3 atom stereocenters. The SMILES string of the molecule is CCCCCCCCCCCCCC/C=C\CCCCCCCCCCC(=O)NC(COP(=O)([O-])OCC[N+](C)(C)C)C(O)CCCCCCCCCCCCCCCCCCCCCCCCCCC. The number of aliphatic hydroxyl groups excluding tert-OH is 1. The Kier molecular flexibility index (Phi) is 53.5. The Labute approximate surface area is 443 Å². The van der Waals surface area contributed by atoms with Crippen LogP contribution in [0.1, 0.15) is 328 Å². The number of phosphoric acid groups is 1. The lowest BCUT2D eigenvalue weighted by atomic mass is 10.0. The van der Waals surface area contributed by atoms with E-state index in [0.717, 1.165) is 38.5 Å². The van der Waals surface area contributed by atoms with Crippen LogP contribution in [0.4, 0.5) is 0 Å². The fraction of sp³-hybridized carbons (Fsp3) is 0.952. The highest BCUT2D eigenvalue weighted by molar-refractivity contribution is 7.45. The molecule has 0 heterocycles. The minimum atomic E-state index is -4.57. The maximum atomic E-state index is 13.0. The third-order valence-corrected chi connectivity index (χ3v) is 15.7. The maximum absolute atomic E-state index is 13.0. The molecular weight excluding hydrogens is 900 g/mol. The number of quaternary nitrogens is 1. The zero-order valence-corrected chi connectivity index (χ0v) is 49.4. The van der Waals surface area contributed by atoms with Crippen molar-refractivity contribution < 1.29 is 32.9 Å². The summed E-state index contributed by atoms with van der Waals surface area (Å²) >= 11 is 0. The molecule has 8 nitrogen and oxygen atoms in total. The molecule has 0 aliphatic rings. The number of hydrogen-bond donors (Lipinski definition) is 2. The van der Waals surface area contributed by atoms with Crippen LogP contribution in [0.2, 0.25) is 0 Å². The highest BCUT2D eigenvalue weighted by atomic mass is 31.2. The normalized spacial score (nSPS) is 13.8. The van der Waals surface area contributed by atoms with Gasteiger partial charge < -0.3 is 28.8 Å². The summed E-state index contributed by atoms with van der Waals surface area (Å²) in [7, 11) is 1.32. The first-order chi connectivity index (χ1) is 34.5. The Morgan fingerprint density at radius 2 is 0.775 bits per heavy atom. The van der Waals surface area contributed by atoms with Gasteiger partial charge in [0.25, 0.3) is 7.82 Å². The van der Waals surface area contributed by atoms with Crippen LogP contribution in [0.5, 0.6) is 0 Å². The quantitative estimate of drug-likeness (QED) is 0.0272. The van der Waals surface area contributed by atoms with E-state index in [-0.39, 0.29) is 19.1 Å². The highest BCUT2D eigenvalue weighted by Crippen LogP contribution is 2.38. The molecule has 2 N–H and O–H groups in total. The van der Waals surface area contributed by atoms with Crippen molar-refractivity contribution in [3.63, 3.8) is 0 Å². The van der Waals surface area contributed by atoms with E-state index in [9.17, 15) is 19.4 Å². The molecule has 0 saturated carbocycles. The van der Waals surface area contributed by atoms with Gasteiger partial charge in [0.15, 0.2) is 0 Å². The summed E-state index contributed by atoms with van der Waals surface area (Å²) in [5, 5.41) is 14.1. The molecule has 0 radical (unpaired) electrons. The molecule has 0 aliphatic heterocycles. The van der Waals surface area contributed by atoms with Crippen LogP contribution in [-0.2, 0) is 18.4 Å². The molecule has 0 aromatic heterocycles. The lowest BCUT2D eigenvalue weighted by molar-refractivity contribution is -0.870. The third-order valence-electron chi connectivity index (χ3n) is 14.8. The molecule has 0 aromatic carbocycles. The van der Waals surface area contributed by atoms with Crippen LogP contribution in [0, 0.1) is 0 Å². The van der Waals surface area contributed by atoms with E-state index in [1.165, 1.54) is 263 Å². The molecule has 0 aromatic rings. The zero-order valence-electron chi connectivity index (χ0n) is 48.5. The van der Waals surface area contributed by atoms with E-state index in [0.29, 0.717) is 23.9 Å². The van der Waals surface area contributed by atoms with E-state index < -0.39 is 20.0 Å². The first-order valence-electron chi connectivity index (χ1n) is 31.5. The predicted molar refractivity (Wildman–Crippen MR) is 307 cm³/mol. The smallest absolute Gasteiger partial charge is 0.268 e. The van der Waals surface area contributed by atoms with Crippen molar-refractivity contribution in [2.45, 2.75) is 341 Å². The van der Waals surface area contributed by atoms with Crippen LogP contribution < -0.4 is 10.2 Å². The van der Waals surface area contributed by atoms with E-state index in [1.807, 2.05) is 21.1 Å². The van der Waals surface area contributed by atoms with E-state index >= 15 is 0 Å². The van der Waals surface area contributed by atoms with Gasteiger partial charge in [0, 0.05) is 6.42 Å². The van der Waals surface area contributed by atoms with Crippen molar-refractivity contribution in [3.8, 4) is 0 Å². The van der Waals surface area contributed by atoms with Gasteiger partial charge in [-0.2, -0.15) is 0 Å². The topological polar surface area (TPSA) is 108 Å². The number of nitrogens with one attached hydrogen (secondary N) is 1. The molecule has 0 fully saturated rings. The summed E-state index contributed by atoms with van der Waals surface area (Å²) in [6, 6.07) is -0.801. The molecule has 0 bridgehead atoms. The molecule has 0 rings (SSSR count). The lowest BCUT2D eigenvalue weighted by Crippen LogP contribution is -2.46. The number of rotatable bonds is 59. The van der Waals surface area contributed by atoms with E-state index in [4.69, 9.17) is 9.05 Å². The second-order valence-corrected chi connectivity index (χ2v) is 24.5. The molecule has 424 valence electrons. The molecule has 3 unspecified atom stereocenters. The lowest BCUT2D eigenvalue weighted by Gasteiger charge is -2.30. The number of hydrogen-bond acceptors (Lipinski definition) is 6. The summed E-state index contributed by atoms with van der Waals surface area (Å²) in [6.07, 6.45) is 66.9. The van der Waals surface area contributed by atoms with Crippen LogP contribution in [0.3, 0.4) is 0 Å². The maximum Gasteiger partial charge on any atom is 0.268 e. The summed E-state index contributed by atoms with van der Waals surface area (Å²) < 4.78 is 23.5. The van der Waals surface area contributed by atoms with Crippen molar-refractivity contribution in [2.75, 3.05) is 40.9 Å². The molecule has 0 spiro atoms. The standard InChI is InChI=1S/C62H125N2O6P/c1-6-8-10-12-14-16-18-20-22-24-26-28-30-32-33-35-37-39-41-43-45-47-49-51-53-55-61(65)60(59-70-71(67,68)69-58-57-64(3,4)5)63-62(66)56-54-52-50-48-46-44-42-40-38-36-34-31-29-27-25-23-21-19-17-15-13-11-9-7-2/h34,36,60-61,65H,6-33,35,37-59H2,1-5H3,(H-,63,66,67,68)/b36-34-. The Morgan fingerprint density at radius 1 is 0.479 bits per heavy atom. The summed E-state index contributed by atoms with van der Waals surface area (Å²) in [5.41, 5.74) is 0. The minimum absolute atomic E-state index is 0.0142. The average molecular weight is 1030 g/mol. The number of likely N-dealkylation sites (N-methyl/N-ethyl adjacent to an activating group) is 1. The van der Waals surface area contributed by atoms with Gasteiger partial charge in [-0.25, -0.2) is 0 Å². The Hall–Kier alpha value is -0.760. The molecule has 9 heteroatoms. The van der Waals surface area contributed by atoms with Gasteiger partial charge in [0.1, 0.15) is 13.2 Å². The third kappa shape index (κ3) is 56.8. The minimum Gasteiger partial charge on any atom is -0.756 e. The van der Waals surface area contributed by atoms with E-state index in [2.05, 4.69) is 31.3 Å².